The third-order valence-electron chi connectivity index (χ3n) is 4.11. The van der Waals surface area contributed by atoms with Crippen LogP contribution in [0.3, 0.4) is 0 Å². The van der Waals surface area contributed by atoms with Gasteiger partial charge in [0.05, 0.1) is 26.5 Å². The van der Waals surface area contributed by atoms with E-state index < -0.39 is 40.7 Å². The maximum atomic E-state index is 12.5. The third kappa shape index (κ3) is 3.92. The molecule has 1 aliphatic heterocycles. The van der Waals surface area contributed by atoms with Crippen LogP contribution in [0.15, 0.2) is 64.4 Å². The molecule has 1 aliphatic rings. The van der Waals surface area contributed by atoms with Gasteiger partial charge in [-0.3, -0.25) is 4.72 Å². The Kier molecular flexibility index (Phi) is 4.84. The molecule has 10 heteroatoms. The lowest BCUT2D eigenvalue weighted by atomic mass is 10.3. The predicted octanol–water partition coefficient (Wildman–Crippen LogP) is 1.45. The van der Waals surface area contributed by atoms with Crippen molar-refractivity contribution in [3.63, 3.8) is 0 Å². The normalized spacial score (nSPS) is 19.9. The smallest absolute Gasteiger partial charge is 0.236 e. The summed E-state index contributed by atoms with van der Waals surface area (Å²) in [6.45, 7) is 0. The monoisotopic (exact) mass is 415 g/mol. The van der Waals surface area contributed by atoms with E-state index in [0.29, 0.717) is 0 Å². The Balaban J connectivity index is 1.80. The number of benzene rings is 2. The van der Waals surface area contributed by atoms with Crippen LogP contribution in [-0.2, 0) is 29.7 Å². The zero-order chi connectivity index (χ0) is 19.0. The van der Waals surface area contributed by atoms with E-state index in [2.05, 4.69) is 4.72 Å². The number of nitrogens with one attached hydrogen (secondary N) is 1. The zero-order valence-corrected chi connectivity index (χ0v) is 16.0. The summed E-state index contributed by atoms with van der Waals surface area (Å²) >= 11 is 0. The second kappa shape index (κ2) is 6.67. The van der Waals surface area contributed by atoms with Gasteiger partial charge in [0, 0.05) is 5.69 Å². The van der Waals surface area contributed by atoms with Crippen LogP contribution in [0, 0.1) is 0 Å². The molecule has 0 bridgehead atoms. The largest absolute Gasteiger partial charge is 0.283 e. The van der Waals surface area contributed by atoms with E-state index in [-0.39, 0.29) is 27.7 Å². The van der Waals surface area contributed by atoms with Gasteiger partial charge in [-0.2, -0.15) is 0 Å². The molecule has 0 spiro atoms. The fourth-order valence-corrected chi connectivity index (χ4v) is 8.06. The van der Waals surface area contributed by atoms with Gasteiger partial charge in [-0.15, -0.1) is 0 Å². The first-order valence-electron chi connectivity index (χ1n) is 7.72. The molecule has 7 nitrogen and oxygen atoms in total. The van der Waals surface area contributed by atoms with E-state index >= 15 is 0 Å². The maximum absolute atomic E-state index is 12.5. The first-order chi connectivity index (χ1) is 12.1. The number of rotatable bonds is 5. The van der Waals surface area contributed by atoms with Crippen molar-refractivity contribution in [2.45, 2.75) is 21.5 Å². The summed E-state index contributed by atoms with van der Waals surface area (Å²) in [6, 6.07) is 13.2. The Morgan fingerprint density at radius 1 is 0.846 bits per heavy atom. The van der Waals surface area contributed by atoms with Crippen molar-refractivity contribution in [2.24, 2.45) is 0 Å². The van der Waals surface area contributed by atoms with Crippen LogP contribution < -0.4 is 4.72 Å². The van der Waals surface area contributed by atoms with Crippen molar-refractivity contribution in [1.29, 1.82) is 0 Å². The minimum atomic E-state index is -3.86. The zero-order valence-electron chi connectivity index (χ0n) is 13.6. The number of hydrogen-bond acceptors (Lipinski definition) is 6. The van der Waals surface area contributed by atoms with Crippen LogP contribution >= 0.6 is 0 Å². The molecular weight excluding hydrogens is 398 g/mol. The molecule has 3 rings (SSSR count). The van der Waals surface area contributed by atoms with Gasteiger partial charge in [-0.05, 0) is 42.8 Å². The summed E-state index contributed by atoms with van der Waals surface area (Å²) in [7, 11) is -10.9. The first kappa shape index (κ1) is 18.9. The molecule has 1 N–H and O–H groups in total. The third-order valence-corrected chi connectivity index (χ3v) is 9.67. The Morgan fingerprint density at radius 2 is 1.42 bits per heavy atom. The van der Waals surface area contributed by atoms with E-state index in [1.807, 2.05) is 0 Å². The molecule has 1 fully saturated rings. The topological polar surface area (TPSA) is 114 Å². The summed E-state index contributed by atoms with van der Waals surface area (Å²) in [4.78, 5) is 0.180. The summed E-state index contributed by atoms with van der Waals surface area (Å²) in [5.74, 6) is -0.546. The van der Waals surface area contributed by atoms with Gasteiger partial charge in [0.25, 0.3) is 0 Å². The Morgan fingerprint density at radius 3 is 1.96 bits per heavy atom. The van der Waals surface area contributed by atoms with E-state index in [1.54, 1.807) is 18.2 Å². The van der Waals surface area contributed by atoms with Crippen LogP contribution in [0.1, 0.15) is 6.42 Å². The number of anilines is 1. The second-order valence-corrected chi connectivity index (χ2v) is 12.2. The average molecular weight is 416 g/mol. The quantitative estimate of drug-likeness (QED) is 0.790. The van der Waals surface area contributed by atoms with Crippen molar-refractivity contribution in [2.75, 3.05) is 16.2 Å². The molecule has 0 aromatic heterocycles. The van der Waals surface area contributed by atoms with Crippen molar-refractivity contribution in [3.8, 4) is 0 Å². The molecule has 26 heavy (non-hydrogen) atoms. The molecule has 0 amide bonds. The standard InChI is InChI=1S/C16H17NO6S3/c18-24(19)11-10-16(12-24)26(22,23)17-13-6-8-15(9-7-13)25(20,21)14-4-2-1-3-5-14/h1-9,16-17H,10-12H2. The lowest BCUT2D eigenvalue weighted by Crippen LogP contribution is -2.28. The van der Waals surface area contributed by atoms with Gasteiger partial charge in [0.1, 0.15) is 0 Å². The first-order valence-corrected chi connectivity index (χ1v) is 12.6. The van der Waals surface area contributed by atoms with Gasteiger partial charge in [-0.25, -0.2) is 25.3 Å². The SMILES string of the molecule is O=S1(=O)CCC(S(=O)(=O)Nc2ccc(S(=O)(=O)c3ccccc3)cc2)C1. The molecule has 2 aromatic carbocycles. The van der Waals surface area contributed by atoms with Crippen molar-refractivity contribution in [1.82, 2.24) is 0 Å². The van der Waals surface area contributed by atoms with Gasteiger partial charge in [-0.1, -0.05) is 18.2 Å². The van der Waals surface area contributed by atoms with Gasteiger partial charge in [0.15, 0.2) is 9.84 Å². The molecule has 1 atom stereocenters. The predicted molar refractivity (Wildman–Crippen MR) is 97.9 cm³/mol. The summed E-state index contributed by atoms with van der Waals surface area (Å²) < 4.78 is 74.9. The minimum absolute atomic E-state index is 0.0371. The molecule has 1 unspecified atom stereocenters. The van der Waals surface area contributed by atoms with Crippen LogP contribution in [0.4, 0.5) is 5.69 Å². The lowest BCUT2D eigenvalue weighted by molar-refractivity contribution is 0.587. The van der Waals surface area contributed by atoms with Crippen molar-refractivity contribution < 1.29 is 25.3 Å². The maximum Gasteiger partial charge on any atom is 0.236 e. The summed E-state index contributed by atoms with van der Waals surface area (Å²) in [6.07, 6.45) is 0.0537. The highest BCUT2D eigenvalue weighted by Gasteiger charge is 2.37. The number of sulfone groups is 2. The molecule has 1 saturated heterocycles. The molecule has 1 heterocycles. The Bertz CT molecular complexity index is 1110. The van der Waals surface area contributed by atoms with Crippen LogP contribution in [0.2, 0.25) is 0 Å². The Hall–Kier alpha value is -1.91. The lowest BCUT2D eigenvalue weighted by Gasteiger charge is -2.13. The van der Waals surface area contributed by atoms with Crippen LogP contribution in [0.25, 0.3) is 0 Å². The molecule has 140 valence electrons. The molecular formula is C16H17NO6S3. The average Bonchev–Trinajstić information content (AvgIpc) is 2.97. The van der Waals surface area contributed by atoms with Crippen LogP contribution in [0.5, 0.6) is 0 Å². The van der Waals surface area contributed by atoms with E-state index in [1.165, 1.54) is 36.4 Å². The molecule has 0 saturated carbocycles. The highest BCUT2D eigenvalue weighted by Crippen LogP contribution is 2.24. The van der Waals surface area contributed by atoms with Gasteiger partial charge < -0.3 is 0 Å². The number of sulfonamides is 1. The van der Waals surface area contributed by atoms with Crippen molar-refractivity contribution in [3.05, 3.63) is 54.6 Å². The van der Waals surface area contributed by atoms with E-state index in [4.69, 9.17) is 0 Å². The van der Waals surface area contributed by atoms with Gasteiger partial charge >= 0.3 is 0 Å². The molecule has 0 aliphatic carbocycles. The second-order valence-electron chi connectivity index (χ2n) is 6.01. The fraction of sp³-hybridized carbons (Fsp3) is 0.250. The molecule has 2 aromatic rings. The highest BCUT2D eigenvalue weighted by atomic mass is 32.2. The fourth-order valence-electron chi connectivity index (χ4n) is 2.69. The van der Waals surface area contributed by atoms with Crippen molar-refractivity contribution >= 4 is 35.4 Å². The number of hydrogen-bond donors (Lipinski definition) is 1. The van der Waals surface area contributed by atoms with Gasteiger partial charge in [0.2, 0.25) is 19.9 Å². The summed E-state index contributed by atoms with van der Waals surface area (Å²) in [5.41, 5.74) is 0.182. The van der Waals surface area contributed by atoms with E-state index in [0.717, 1.165) is 0 Å². The highest BCUT2D eigenvalue weighted by molar-refractivity contribution is 7.97. The Labute approximate surface area is 153 Å². The summed E-state index contributed by atoms with van der Waals surface area (Å²) in [5, 5.41) is -1.000. The minimum Gasteiger partial charge on any atom is -0.283 e. The van der Waals surface area contributed by atoms with E-state index in [9.17, 15) is 25.3 Å². The molecule has 0 radical (unpaired) electrons. The van der Waals surface area contributed by atoms with Crippen LogP contribution in [-0.4, -0.2) is 42.0 Å².